The van der Waals surface area contributed by atoms with E-state index in [1.54, 1.807) is 0 Å². The fourth-order valence-electron chi connectivity index (χ4n) is 1.60. The molecule has 0 spiro atoms. The molecule has 0 saturated carbocycles. The fraction of sp³-hybridized carbons (Fsp3) is 0. The molecule has 0 aliphatic rings. The highest BCUT2D eigenvalue weighted by Gasteiger charge is 2.13. The normalized spacial score (nSPS) is 11.2. The Balaban J connectivity index is 2.26. The van der Waals surface area contributed by atoms with Gasteiger partial charge in [-0.05, 0) is 36.4 Å². The average molecular weight is 329 g/mol. The van der Waals surface area contributed by atoms with E-state index in [4.69, 9.17) is 16.7 Å². The van der Waals surface area contributed by atoms with Crippen molar-refractivity contribution in [2.75, 3.05) is 5.32 Å². The van der Waals surface area contributed by atoms with Gasteiger partial charge in [-0.1, -0.05) is 17.7 Å². The van der Waals surface area contributed by atoms with Crippen molar-refractivity contribution in [1.29, 1.82) is 0 Å². The van der Waals surface area contributed by atoms with Crippen LogP contribution >= 0.6 is 11.6 Å². The second-order valence-corrected chi connectivity index (χ2v) is 6.12. The summed E-state index contributed by atoms with van der Waals surface area (Å²) in [6, 6.07) is 8.76. The predicted molar refractivity (Wildman–Crippen MR) is 77.2 cm³/mol. The van der Waals surface area contributed by atoms with Crippen molar-refractivity contribution < 1.29 is 17.6 Å². The van der Waals surface area contributed by atoms with Crippen molar-refractivity contribution in [1.82, 2.24) is 0 Å². The number of amides is 1. The van der Waals surface area contributed by atoms with Gasteiger partial charge in [0.15, 0.2) is 0 Å². The first-order valence-corrected chi connectivity index (χ1v) is 7.59. The van der Waals surface area contributed by atoms with Gasteiger partial charge < -0.3 is 5.32 Å². The topological polar surface area (TPSA) is 89.3 Å². The van der Waals surface area contributed by atoms with Gasteiger partial charge in [-0.15, -0.1) is 0 Å². The molecular formula is C13H10ClFN2O3S. The smallest absolute Gasteiger partial charge is 0.255 e. The third-order valence-corrected chi connectivity index (χ3v) is 3.83. The molecule has 0 atom stereocenters. The number of nitrogens with one attached hydrogen (secondary N) is 1. The lowest BCUT2D eigenvalue weighted by Crippen LogP contribution is -2.14. The number of anilines is 1. The minimum atomic E-state index is -3.88. The molecule has 0 aromatic heterocycles. The zero-order valence-corrected chi connectivity index (χ0v) is 12.1. The van der Waals surface area contributed by atoms with Crippen LogP contribution in [0.5, 0.6) is 0 Å². The monoisotopic (exact) mass is 328 g/mol. The zero-order valence-electron chi connectivity index (χ0n) is 10.5. The Bertz CT molecular complexity index is 809. The van der Waals surface area contributed by atoms with Gasteiger partial charge in [-0.25, -0.2) is 17.9 Å². The third kappa shape index (κ3) is 3.78. The van der Waals surface area contributed by atoms with Crippen LogP contribution in [-0.4, -0.2) is 14.3 Å². The average Bonchev–Trinajstić information content (AvgIpc) is 2.39. The largest absolute Gasteiger partial charge is 0.321 e. The van der Waals surface area contributed by atoms with Crippen LogP contribution in [0.1, 0.15) is 10.4 Å². The van der Waals surface area contributed by atoms with Crippen LogP contribution in [0, 0.1) is 5.82 Å². The summed E-state index contributed by atoms with van der Waals surface area (Å²) in [7, 11) is -3.88. The quantitative estimate of drug-likeness (QED) is 0.906. The lowest BCUT2D eigenvalue weighted by Gasteiger charge is -2.08. The van der Waals surface area contributed by atoms with Crippen molar-refractivity contribution in [3.05, 3.63) is 58.9 Å². The Morgan fingerprint density at radius 1 is 1.19 bits per heavy atom. The van der Waals surface area contributed by atoms with Gasteiger partial charge in [0.2, 0.25) is 10.0 Å². The van der Waals surface area contributed by atoms with Gasteiger partial charge in [0.25, 0.3) is 5.91 Å². The highest BCUT2D eigenvalue weighted by molar-refractivity contribution is 7.89. The molecule has 0 heterocycles. The van der Waals surface area contributed by atoms with Crippen LogP contribution in [-0.2, 0) is 10.0 Å². The molecule has 3 N–H and O–H groups in total. The Labute approximate surface area is 125 Å². The molecule has 0 unspecified atom stereocenters. The predicted octanol–water partition coefficient (Wildman–Crippen LogP) is 2.38. The summed E-state index contributed by atoms with van der Waals surface area (Å²) < 4.78 is 35.4. The van der Waals surface area contributed by atoms with E-state index in [1.165, 1.54) is 30.3 Å². The number of hydrogen-bond acceptors (Lipinski definition) is 3. The Morgan fingerprint density at radius 3 is 2.48 bits per heavy atom. The number of halogens is 2. The van der Waals surface area contributed by atoms with E-state index in [2.05, 4.69) is 5.32 Å². The highest BCUT2D eigenvalue weighted by atomic mass is 35.5. The molecule has 8 heteroatoms. The van der Waals surface area contributed by atoms with Gasteiger partial charge in [-0.3, -0.25) is 4.79 Å². The molecule has 5 nitrogen and oxygen atoms in total. The Hall–Kier alpha value is -1.96. The number of sulfonamides is 1. The van der Waals surface area contributed by atoms with E-state index >= 15 is 0 Å². The van der Waals surface area contributed by atoms with Crippen LogP contribution in [0.25, 0.3) is 0 Å². The van der Waals surface area contributed by atoms with Crippen molar-refractivity contribution in [3.63, 3.8) is 0 Å². The van der Waals surface area contributed by atoms with Gasteiger partial charge >= 0.3 is 0 Å². The van der Waals surface area contributed by atoms with Gasteiger partial charge in [0.05, 0.1) is 15.6 Å². The van der Waals surface area contributed by atoms with E-state index in [0.29, 0.717) is 0 Å². The van der Waals surface area contributed by atoms with E-state index in [0.717, 1.165) is 12.1 Å². The standard InChI is InChI=1S/C13H10ClFN2O3S/c14-11-7-10(21(16,19)20)4-5-12(11)17-13(18)8-2-1-3-9(15)6-8/h1-7H,(H,17,18)(H2,16,19,20). The zero-order chi connectivity index (χ0) is 15.6. The molecule has 0 bridgehead atoms. The maximum absolute atomic E-state index is 13.0. The number of primary sulfonamides is 1. The summed E-state index contributed by atoms with van der Waals surface area (Å²) >= 11 is 5.89. The Morgan fingerprint density at radius 2 is 1.90 bits per heavy atom. The minimum Gasteiger partial charge on any atom is -0.321 e. The molecule has 1 amide bonds. The molecule has 0 radical (unpaired) electrons. The molecule has 2 aromatic carbocycles. The maximum atomic E-state index is 13.0. The summed E-state index contributed by atoms with van der Waals surface area (Å²) in [5.74, 6) is -1.11. The molecule has 110 valence electrons. The van der Waals surface area contributed by atoms with E-state index < -0.39 is 21.7 Å². The molecule has 2 rings (SSSR count). The van der Waals surface area contributed by atoms with Crippen LogP contribution in [0.15, 0.2) is 47.4 Å². The molecule has 0 fully saturated rings. The first-order valence-electron chi connectivity index (χ1n) is 5.66. The summed E-state index contributed by atoms with van der Waals surface area (Å²) in [6.07, 6.45) is 0. The summed E-state index contributed by atoms with van der Waals surface area (Å²) in [4.78, 5) is 11.8. The van der Waals surface area contributed by atoms with Gasteiger partial charge in [-0.2, -0.15) is 0 Å². The first kappa shape index (κ1) is 15.4. The number of hydrogen-bond donors (Lipinski definition) is 2. The summed E-state index contributed by atoms with van der Waals surface area (Å²) in [5.41, 5.74) is 0.305. The summed E-state index contributed by atoms with van der Waals surface area (Å²) in [5, 5.41) is 7.43. The van der Waals surface area contributed by atoms with Crippen molar-refractivity contribution >= 4 is 33.2 Å². The lowest BCUT2D eigenvalue weighted by molar-refractivity contribution is 0.102. The number of carbonyl (C=O) groups is 1. The van der Waals surface area contributed by atoms with Crippen LogP contribution in [0.2, 0.25) is 5.02 Å². The lowest BCUT2D eigenvalue weighted by atomic mass is 10.2. The highest BCUT2D eigenvalue weighted by Crippen LogP contribution is 2.25. The SMILES string of the molecule is NS(=O)(=O)c1ccc(NC(=O)c2cccc(F)c2)c(Cl)c1. The number of benzene rings is 2. The minimum absolute atomic E-state index is 0.00581. The number of nitrogens with two attached hydrogens (primary N) is 1. The van der Waals surface area contributed by atoms with Crippen LogP contribution < -0.4 is 10.5 Å². The molecule has 0 aliphatic carbocycles. The van der Waals surface area contributed by atoms with Crippen molar-refractivity contribution in [3.8, 4) is 0 Å². The van der Waals surface area contributed by atoms with Crippen LogP contribution in [0.3, 0.4) is 0 Å². The third-order valence-electron chi connectivity index (χ3n) is 2.60. The number of rotatable bonds is 3. The van der Waals surface area contributed by atoms with Crippen molar-refractivity contribution in [2.24, 2.45) is 5.14 Å². The second kappa shape index (κ2) is 5.80. The molecule has 0 aliphatic heterocycles. The van der Waals surface area contributed by atoms with Gasteiger partial charge in [0.1, 0.15) is 5.82 Å². The first-order chi connectivity index (χ1) is 9.77. The number of carbonyl (C=O) groups excluding carboxylic acids is 1. The summed E-state index contributed by atoms with van der Waals surface area (Å²) in [6.45, 7) is 0. The molecule has 2 aromatic rings. The van der Waals surface area contributed by atoms with E-state index in [9.17, 15) is 17.6 Å². The fourth-order valence-corrected chi connectivity index (χ4v) is 2.43. The second-order valence-electron chi connectivity index (χ2n) is 4.15. The molecular weight excluding hydrogens is 319 g/mol. The van der Waals surface area contributed by atoms with Gasteiger partial charge in [0, 0.05) is 5.56 Å². The van der Waals surface area contributed by atoms with E-state index in [-0.39, 0.29) is 21.2 Å². The Kier molecular flexibility index (Phi) is 4.26. The van der Waals surface area contributed by atoms with Crippen LogP contribution in [0.4, 0.5) is 10.1 Å². The van der Waals surface area contributed by atoms with Crippen molar-refractivity contribution in [2.45, 2.75) is 4.90 Å². The molecule has 21 heavy (non-hydrogen) atoms. The van der Waals surface area contributed by atoms with E-state index in [1.807, 2.05) is 0 Å². The maximum Gasteiger partial charge on any atom is 0.255 e. The molecule has 0 saturated heterocycles.